The van der Waals surface area contributed by atoms with Crippen molar-refractivity contribution in [3.05, 3.63) is 65.0 Å². The zero-order valence-corrected chi connectivity index (χ0v) is 10.8. The first kappa shape index (κ1) is 13.0. The van der Waals surface area contributed by atoms with Gasteiger partial charge in [0.05, 0.1) is 18.2 Å². The molecule has 2 aromatic heterocycles. The van der Waals surface area contributed by atoms with E-state index < -0.39 is 5.56 Å². The molecule has 0 aliphatic heterocycles. The molecule has 0 aliphatic rings. The molecule has 0 amide bonds. The Morgan fingerprint density at radius 3 is 2.95 bits per heavy atom. The van der Waals surface area contributed by atoms with Gasteiger partial charge in [0.2, 0.25) is 0 Å². The highest BCUT2D eigenvalue weighted by Crippen LogP contribution is 2.25. The highest BCUT2D eigenvalue weighted by Gasteiger charge is 2.12. The third-order valence-electron chi connectivity index (χ3n) is 2.53. The smallest absolute Gasteiger partial charge is 0.266 e. The van der Waals surface area contributed by atoms with Crippen LogP contribution in [0.5, 0.6) is 0 Å². The maximum atomic E-state index is 11.9. The number of hydrogen-bond acceptors (Lipinski definition) is 4. The van der Waals surface area contributed by atoms with Crippen LogP contribution in [0.2, 0.25) is 0 Å². The van der Waals surface area contributed by atoms with Gasteiger partial charge in [0.15, 0.2) is 0 Å². The summed E-state index contributed by atoms with van der Waals surface area (Å²) in [5.74, 6) is 0. The lowest BCUT2D eigenvalue weighted by Gasteiger charge is -2.05. The maximum absolute atomic E-state index is 11.9. The average molecular weight is 270 g/mol. The van der Waals surface area contributed by atoms with Gasteiger partial charge in [-0.25, -0.2) is 0 Å². The molecule has 0 spiro atoms. The number of nitrogens with zero attached hydrogens (tertiary/aromatic N) is 1. The van der Waals surface area contributed by atoms with E-state index in [1.807, 2.05) is 6.07 Å². The Hall–Kier alpha value is -2.45. The Morgan fingerprint density at radius 2 is 2.37 bits per heavy atom. The molecule has 0 atom stereocenters. The highest BCUT2D eigenvalue weighted by molar-refractivity contribution is 7.90. The molecule has 1 N–H and O–H groups in total. The fraction of sp³-hybridized carbons (Fsp3) is 0. The van der Waals surface area contributed by atoms with Crippen molar-refractivity contribution in [1.29, 1.82) is 5.26 Å². The van der Waals surface area contributed by atoms with Gasteiger partial charge in [0.25, 0.3) is 5.56 Å². The number of nitrogens with one attached hydrogen (secondary N) is 1. The summed E-state index contributed by atoms with van der Waals surface area (Å²) >= 11 is 4.27. The molecule has 19 heavy (non-hydrogen) atoms. The lowest BCUT2D eigenvalue weighted by molar-refractivity contribution is 0.568. The number of hydrogen-bond donors (Lipinski definition) is 2. The van der Waals surface area contributed by atoms with E-state index in [1.165, 1.54) is 12.5 Å². The third-order valence-corrected chi connectivity index (χ3v) is 2.92. The van der Waals surface area contributed by atoms with Gasteiger partial charge >= 0.3 is 0 Å². The number of furan rings is 1. The molecule has 2 rings (SSSR count). The van der Waals surface area contributed by atoms with Crippen LogP contribution in [0.3, 0.4) is 0 Å². The minimum atomic E-state index is -0.458. The normalized spacial score (nSPS) is 11.1. The number of H-pyrrole nitrogens is 1. The monoisotopic (exact) mass is 270 g/mol. The zero-order valence-electron chi connectivity index (χ0n) is 9.88. The van der Waals surface area contributed by atoms with Gasteiger partial charge in [0, 0.05) is 16.0 Å². The second kappa shape index (κ2) is 5.46. The summed E-state index contributed by atoms with van der Waals surface area (Å²) in [6.45, 7) is 3.57. The first-order chi connectivity index (χ1) is 9.17. The molecule has 0 saturated carbocycles. The molecule has 5 heteroatoms. The van der Waals surface area contributed by atoms with Crippen LogP contribution >= 0.6 is 12.6 Å². The summed E-state index contributed by atoms with van der Waals surface area (Å²) in [5, 5.41) is 9.08. The van der Waals surface area contributed by atoms with E-state index in [2.05, 4.69) is 24.2 Å². The second-order valence-corrected chi connectivity index (χ2v) is 4.19. The highest BCUT2D eigenvalue weighted by atomic mass is 32.1. The van der Waals surface area contributed by atoms with Crippen molar-refractivity contribution in [2.75, 3.05) is 0 Å². The number of rotatable bonds is 3. The van der Waals surface area contributed by atoms with Gasteiger partial charge in [-0.3, -0.25) is 4.79 Å². The van der Waals surface area contributed by atoms with Crippen molar-refractivity contribution >= 4 is 17.5 Å². The SMILES string of the molecule is C=C/C=C(\S)c1cc(-c2ccoc2)c(C#N)c(=O)[nH]1. The van der Waals surface area contributed by atoms with Crippen LogP contribution in [0, 0.1) is 11.3 Å². The molecule has 0 unspecified atom stereocenters. The van der Waals surface area contributed by atoms with E-state index in [-0.39, 0.29) is 5.56 Å². The van der Waals surface area contributed by atoms with Gasteiger partial charge < -0.3 is 9.40 Å². The quantitative estimate of drug-likeness (QED) is 0.665. The number of nitriles is 1. The summed E-state index contributed by atoms with van der Waals surface area (Å²) in [4.78, 5) is 15.1. The average Bonchev–Trinajstić information content (AvgIpc) is 2.91. The Morgan fingerprint density at radius 1 is 1.58 bits per heavy atom. The Bertz CT molecular complexity index is 734. The molecule has 0 saturated heterocycles. The molecule has 0 radical (unpaired) electrons. The van der Waals surface area contributed by atoms with Crippen LogP contribution in [0.1, 0.15) is 11.3 Å². The Kier molecular flexibility index (Phi) is 3.74. The lowest BCUT2D eigenvalue weighted by Crippen LogP contribution is -2.13. The van der Waals surface area contributed by atoms with Gasteiger partial charge in [0.1, 0.15) is 11.6 Å². The van der Waals surface area contributed by atoms with Crippen molar-refractivity contribution < 1.29 is 4.42 Å². The number of thiol groups is 1. The maximum Gasteiger partial charge on any atom is 0.266 e. The fourth-order valence-corrected chi connectivity index (χ4v) is 1.88. The summed E-state index contributed by atoms with van der Waals surface area (Å²) < 4.78 is 4.98. The van der Waals surface area contributed by atoms with E-state index in [0.29, 0.717) is 21.7 Å². The largest absolute Gasteiger partial charge is 0.472 e. The first-order valence-electron chi connectivity index (χ1n) is 5.39. The van der Waals surface area contributed by atoms with Gasteiger partial charge in [-0.15, -0.1) is 12.6 Å². The van der Waals surface area contributed by atoms with E-state index in [4.69, 9.17) is 9.68 Å². The number of pyridine rings is 1. The van der Waals surface area contributed by atoms with Gasteiger partial charge in [-0.2, -0.15) is 5.26 Å². The topological polar surface area (TPSA) is 69.8 Å². The van der Waals surface area contributed by atoms with E-state index in [0.717, 1.165) is 0 Å². The summed E-state index contributed by atoms with van der Waals surface area (Å²) in [7, 11) is 0. The molecule has 0 fully saturated rings. The van der Waals surface area contributed by atoms with Crippen LogP contribution in [0.25, 0.3) is 16.0 Å². The number of allylic oxidation sites excluding steroid dienone is 2. The minimum absolute atomic E-state index is 0.0462. The van der Waals surface area contributed by atoms with Crippen LogP contribution in [-0.2, 0) is 0 Å². The van der Waals surface area contributed by atoms with Gasteiger partial charge in [-0.1, -0.05) is 12.7 Å². The molecule has 0 aliphatic carbocycles. The molecular formula is C14H10N2O2S. The van der Waals surface area contributed by atoms with Crippen molar-refractivity contribution in [3.63, 3.8) is 0 Å². The molecule has 94 valence electrons. The predicted molar refractivity (Wildman–Crippen MR) is 76.6 cm³/mol. The lowest BCUT2D eigenvalue weighted by atomic mass is 10.0. The summed E-state index contributed by atoms with van der Waals surface area (Å²) in [6, 6.07) is 5.28. The molecule has 0 aromatic carbocycles. The Balaban J connectivity index is 2.72. The van der Waals surface area contributed by atoms with Crippen molar-refractivity contribution in [2.45, 2.75) is 0 Å². The van der Waals surface area contributed by atoms with Crippen molar-refractivity contribution in [2.24, 2.45) is 0 Å². The molecule has 4 nitrogen and oxygen atoms in total. The number of aromatic amines is 1. The Labute approximate surface area is 115 Å². The minimum Gasteiger partial charge on any atom is -0.472 e. The third kappa shape index (κ3) is 2.54. The summed E-state index contributed by atoms with van der Waals surface area (Å²) in [6.07, 6.45) is 6.18. The molecular weight excluding hydrogens is 260 g/mol. The van der Waals surface area contributed by atoms with Crippen LogP contribution < -0.4 is 5.56 Å². The van der Waals surface area contributed by atoms with Crippen LogP contribution in [-0.4, -0.2) is 4.98 Å². The van der Waals surface area contributed by atoms with E-state index in [1.54, 1.807) is 24.3 Å². The van der Waals surface area contributed by atoms with Crippen molar-refractivity contribution in [1.82, 2.24) is 4.98 Å². The number of aromatic nitrogens is 1. The second-order valence-electron chi connectivity index (χ2n) is 3.71. The van der Waals surface area contributed by atoms with E-state index >= 15 is 0 Å². The molecule has 2 heterocycles. The van der Waals surface area contributed by atoms with Crippen LogP contribution in [0.4, 0.5) is 0 Å². The fourth-order valence-electron chi connectivity index (χ4n) is 1.66. The zero-order chi connectivity index (χ0) is 13.8. The predicted octanol–water partition coefficient (Wildman–Crippen LogP) is 2.96. The van der Waals surface area contributed by atoms with Crippen LogP contribution in [0.15, 0.2) is 52.6 Å². The molecule has 0 bridgehead atoms. The van der Waals surface area contributed by atoms with Gasteiger partial charge in [-0.05, 0) is 18.2 Å². The van der Waals surface area contributed by atoms with Crippen molar-refractivity contribution in [3.8, 4) is 17.2 Å². The molecule has 2 aromatic rings. The summed E-state index contributed by atoms with van der Waals surface area (Å²) in [5.41, 5.74) is 1.29. The van der Waals surface area contributed by atoms with E-state index in [9.17, 15) is 4.79 Å². The first-order valence-corrected chi connectivity index (χ1v) is 5.84. The standard InChI is InChI=1S/C14H10N2O2S/c1-2-3-13(19)12-6-10(9-4-5-18-8-9)11(7-15)14(17)16-12/h2-6,8,19H,1H2,(H,16,17)/b13-3-.